The van der Waals surface area contributed by atoms with Crippen molar-refractivity contribution in [2.24, 2.45) is 5.84 Å². The average Bonchev–Trinajstić information content (AvgIpc) is 2.53. The average molecular weight is 296 g/mol. The van der Waals surface area contributed by atoms with E-state index < -0.39 is 0 Å². The molecule has 0 aliphatic rings. The van der Waals surface area contributed by atoms with Crippen molar-refractivity contribution in [1.82, 2.24) is 9.88 Å². The Balaban J connectivity index is 2.76. The van der Waals surface area contributed by atoms with E-state index in [4.69, 9.17) is 15.3 Å². The van der Waals surface area contributed by atoms with Gasteiger partial charge in [0.2, 0.25) is 0 Å². The lowest BCUT2D eigenvalue weighted by molar-refractivity contribution is 0.0550. The zero-order chi connectivity index (χ0) is 15.5. The summed E-state index contributed by atoms with van der Waals surface area (Å²) in [6.45, 7) is 7.05. The van der Waals surface area contributed by atoms with E-state index in [0.29, 0.717) is 50.8 Å². The van der Waals surface area contributed by atoms with Crippen molar-refractivity contribution >= 4 is 11.6 Å². The van der Waals surface area contributed by atoms with Crippen LogP contribution in [-0.2, 0) is 9.47 Å². The number of nitrogens with one attached hydrogen (secondary N) is 1. The van der Waals surface area contributed by atoms with Gasteiger partial charge in [-0.3, -0.25) is 15.6 Å². The van der Waals surface area contributed by atoms with Gasteiger partial charge in [0.05, 0.1) is 24.5 Å². The van der Waals surface area contributed by atoms with Gasteiger partial charge in [-0.1, -0.05) is 0 Å². The standard InChI is InChI=1S/C14H24N4O3/c1-3-20-9-7-18(8-10-21-4-2)14(19)12-11-16-6-5-13(12)17-15/h5-6,11H,3-4,7-10,15H2,1-2H3,(H,16,17). The minimum absolute atomic E-state index is 0.143. The lowest BCUT2D eigenvalue weighted by Crippen LogP contribution is -2.37. The van der Waals surface area contributed by atoms with Crippen molar-refractivity contribution in [2.75, 3.05) is 44.9 Å². The number of hydrogen-bond acceptors (Lipinski definition) is 6. The Morgan fingerprint density at radius 2 is 1.90 bits per heavy atom. The number of carbonyl (C=O) groups excluding carboxylic acids is 1. The third-order valence-electron chi connectivity index (χ3n) is 2.91. The molecule has 3 N–H and O–H groups in total. The Labute approximate surface area is 125 Å². The molecule has 1 aromatic heterocycles. The lowest BCUT2D eigenvalue weighted by atomic mass is 10.2. The van der Waals surface area contributed by atoms with Crippen LogP contribution in [0.25, 0.3) is 0 Å². The number of hydrogen-bond donors (Lipinski definition) is 2. The highest BCUT2D eigenvalue weighted by molar-refractivity contribution is 5.99. The molecule has 0 unspecified atom stereocenters. The Hall–Kier alpha value is -1.70. The second-order valence-electron chi connectivity index (χ2n) is 4.25. The van der Waals surface area contributed by atoms with Gasteiger partial charge in [-0.05, 0) is 19.9 Å². The number of nitrogens with zero attached hydrogens (tertiary/aromatic N) is 2. The summed E-state index contributed by atoms with van der Waals surface area (Å²) in [6.07, 6.45) is 3.09. The fourth-order valence-corrected chi connectivity index (χ4v) is 1.81. The largest absolute Gasteiger partial charge is 0.380 e. The minimum Gasteiger partial charge on any atom is -0.380 e. The highest BCUT2D eigenvalue weighted by atomic mass is 16.5. The first-order valence-electron chi connectivity index (χ1n) is 7.09. The van der Waals surface area contributed by atoms with E-state index in [1.54, 1.807) is 17.2 Å². The summed E-state index contributed by atoms with van der Waals surface area (Å²) < 4.78 is 10.6. The number of nitrogens with two attached hydrogens (primary N) is 1. The van der Waals surface area contributed by atoms with Crippen LogP contribution >= 0.6 is 0 Å². The van der Waals surface area contributed by atoms with Crippen LogP contribution in [0.5, 0.6) is 0 Å². The van der Waals surface area contributed by atoms with Crippen LogP contribution in [0.2, 0.25) is 0 Å². The molecule has 7 nitrogen and oxygen atoms in total. The molecule has 0 bridgehead atoms. The van der Waals surface area contributed by atoms with Gasteiger partial charge in [-0.2, -0.15) is 0 Å². The summed E-state index contributed by atoms with van der Waals surface area (Å²) >= 11 is 0. The molecule has 1 aromatic rings. The number of hydrazine groups is 1. The Kier molecular flexibility index (Phi) is 8.34. The van der Waals surface area contributed by atoms with Gasteiger partial charge in [-0.15, -0.1) is 0 Å². The molecule has 0 saturated heterocycles. The van der Waals surface area contributed by atoms with Crippen LogP contribution in [0.3, 0.4) is 0 Å². The van der Waals surface area contributed by atoms with Crippen LogP contribution in [0.15, 0.2) is 18.5 Å². The van der Waals surface area contributed by atoms with E-state index >= 15 is 0 Å². The molecule has 0 aliphatic heterocycles. The third-order valence-corrected chi connectivity index (χ3v) is 2.91. The molecule has 1 heterocycles. The monoisotopic (exact) mass is 296 g/mol. The van der Waals surface area contributed by atoms with Crippen LogP contribution in [-0.4, -0.2) is 55.3 Å². The molecule has 21 heavy (non-hydrogen) atoms. The summed E-state index contributed by atoms with van der Waals surface area (Å²) in [7, 11) is 0. The van der Waals surface area contributed by atoms with Crippen molar-refractivity contribution in [1.29, 1.82) is 0 Å². The number of nitrogen functional groups attached to an aromatic ring is 1. The number of ether oxygens (including phenoxy) is 2. The zero-order valence-electron chi connectivity index (χ0n) is 12.7. The highest BCUT2D eigenvalue weighted by Crippen LogP contribution is 2.14. The first-order valence-corrected chi connectivity index (χ1v) is 7.09. The lowest BCUT2D eigenvalue weighted by Gasteiger charge is -2.23. The van der Waals surface area contributed by atoms with Crippen molar-refractivity contribution in [3.05, 3.63) is 24.0 Å². The van der Waals surface area contributed by atoms with Gasteiger partial charge in [0.1, 0.15) is 0 Å². The second kappa shape index (κ2) is 10.1. The first-order chi connectivity index (χ1) is 10.2. The molecule has 0 atom stereocenters. The molecule has 0 radical (unpaired) electrons. The molecule has 0 aliphatic carbocycles. The molecule has 0 fully saturated rings. The van der Waals surface area contributed by atoms with Gasteiger partial charge in [0, 0.05) is 38.7 Å². The Morgan fingerprint density at radius 1 is 1.29 bits per heavy atom. The second-order valence-corrected chi connectivity index (χ2v) is 4.25. The summed E-state index contributed by atoms with van der Waals surface area (Å²) in [6, 6.07) is 1.66. The van der Waals surface area contributed by atoms with Gasteiger partial charge < -0.3 is 19.8 Å². The van der Waals surface area contributed by atoms with Gasteiger partial charge in [0.15, 0.2) is 0 Å². The highest BCUT2D eigenvalue weighted by Gasteiger charge is 2.18. The number of rotatable bonds is 10. The van der Waals surface area contributed by atoms with Gasteiger partial charge in [-0.25, -0.2) is 0 Å². The van der Waals surface area contributed by atoms with Gasteiger partial charge >= 0.3 is 0 Å². The van der Waals surface area contributed by atoms with Crippen molar-refractivity contribution in [3.8, 4) is 0 Å². The Bertz CT molecular complexity index is 418. The maximum Gasteiger partial charge on any atom is 0.257 e. The van der Waals surface area contributed by atoms with Gasteiger partial charge in [0.25, 0.3) is 5.91 Å². The van der Waals surface area contributed by atoms with E-state index in [9.17, 15) is 4.79 Å². The SMILES string of the molecule is CCOCCN(CCOCC)C(=O)c1cnccc1NN. The molecular formula is C14H24N4O3. The molecular weight excluding hydrogens is 272 g/mol. The molecule has 0 spiro atoms. The predicted octanol–water partition coefficient (Wildman–Crippen LogP) is 0.882. The Morgan fingerprint density at radius 3 is 2.43 bits per heavy atom. The van der Waals surface area contributed by atoms with E-state index in [1.807, 2.05) is 13.8 Å². The normalized spacial score (nSPS) is 10.4. The molecule has 118 valence electrons. The zero-order valence-corrected chi connectivity index (χ0v) is 12.7. The fourth-order valence-electron chi connectivity index (χ4n) is 1.81. The fraction of sp³-hybridized carbons (Fsp3) is 0.571. The van der Waals surface area contributed by atoms with Crippen LogP contribution < -0.4 is 11.3 Å². The number of anilines is 1. The minimum atomic E-state index is -0.143. The predicted molar refractivity (Wildman–Crippen MR) is 80.9 cm³/mol. The molecule has 1 rings (SSSR count). The van der Waals surface area contributed by atoms with Crippen molar-refractivity contribution < 1.29 is 14.3 Å². The first kappa shape index (κ1) is 17.4. The summed E-state index contributed by atoms with van der Waals surface area (Å²) in [5, 5.41) is 0. The maximum absolute atomic E-state index is 12.6. The van der Waals surface area contributed by atoms with E-state index in [2.05, 4.69) is 10.4 Å². The number of carbonyl (C=O) groups is 1. The third kappa shape index (κ3) is 5.66. The topological polar surface area (TPSA) is 89.7 Å². The van der Waals surface area contributed by atoms with E-state index in [0.717, 1.165) is 0 Å². The van der Waals surface area contributed by atoms with Crippen LogP contribution in [0.4, 0.5) is 5.69 Å². The molecule has 7 heteroatoms. The number of amides is 1. The van der Waals surface area contributed by atoms with Crippen molar-refractivity contribution in [2.45, 2.75) is 13.8 Å². The molecule has 1 amide bonds. The number of aromatic nitrogens is 1. The summed E-state index contributed by atoms with van der Waals surface area (Å²) in [4.78, 5) is 18.3. The molecule has 0 aromatic carbocycles. The van der Waals surface area contributed by atoms with E-state index in [-0.39, 0.29) is 5.91 Å². The molecule has 0 saturated carbocycles. The quantitative estimate of drug-likeness (QED) is 0.378. The maximum atomic E-state index is 12.6. The summed E-state index contributed by atoms with van der Waals surface area (Å²) in [5.74, 6) is 5.29. The van der Waals surface area contributed by atoms with Crippen molar-refractivity contribution in [3.63, 3.8) is 0 Å². The summed E-state index contributed by atoms with van der Waals surface area (Å²) in [5.41, 5.74) is 3.50. The number of pyridine rings is 1. The van der Waals surface area contributed by atoms with Crippen LogP contribution in [0, 0.1) is 0 Å². The van der Waals surface area contributed by atoms with Crippen LogP contribution in [0.1, 0.15) is 24.2 Å². The van der Waals surface area contributed by atoms with E-state index in [1.165, 1.54) is 6.20 Å². The smallest absolute Gasteiger partial charge is 0.257 e.